The molecule has 1 aliphatic rings. The molecular formula is C14H16N4OS. The van der Waals surface area contributed by atoms with Gasteiger partial charge in [-0.2, -0.15) is 0 Å². The van der Waals surface area contributed by atoms with E-state index in [1.165, 1.54) is 11.1 Å². The van der Waals surface area contributed by atoms with Crippen molar-refractivity contribution in [3.8, 4) is 0 Å². The molecule has 2 aromatic heterocycles. The van der Waals surface area contributed by atoms with Crippen LogP contribution < -0.4 is 0 Å². The minimum atomic E-state index is -0.0196. The third-order valence-electron chi connectivity index (χ3n) is 3.40. The average molecular weight is 288 g/mol. The molecule has 0 aliphatic carbocycles. The fraction of sp³-hybridized carbons (Fsp3) is 0.357. The van der Waals surface area contributed by atoms with Crippen LogP contribution in [0.5, 0.6) is 0 Å². The summed E-state index contributed by atoms with van der Waals surface area (Å²) in [6.07, 6.45) is 4.66. The molecule has 2 aromatic rings. The monoisotopic (exact) mass is 288 g/mol. The van der Waals surface area contributed by atoms with E-state index in [9.17, 15) is 4.79 Å². The summed E-state index contributed by atoms with van der Waals surface area (Å²) in [7, 11) is 0. The summed E-state index contributed by atoms with van der Waals surface area (Å²) in [6.45, 7) is 4.29. The Bertz CT molecular complexity index is 550. The van der Waals surface area contributed by atoms with Crippen LogP contribution in [0.2, 0.25) is 0 Å². The molecule has 0 unspecified atom stereocenters. The molecule has 3 rings (SSSR count). The van der Waals surface area contributed by atoms with E-state index in [0.717, 1.165) is 32.7 Å². The summed E-state index contributed by atoms with van der Waals surface area (Å²) in [6, 6.07) is 4.23. The second kappa shape index (κ2) is 6.11. The van der Waals surface area contributed by atoms with E-state index in [1.54, 1.807) is 23.7 Å². The number of aromatic nitrogens is 2. The Morgan fingerprint density at radius 2 is 2.10 bits per heavy atom. The molecule has 1 fully saturated rings. The number of hydrogen-bond donors (Lipinski definition) is 0. The molecule has 5 nitrogen and oxygen atoms in total. The van der Waals surface area contributed by atoms with Gasteiger partial charge in [0, 0.05) is 50.0 Å². The van der Waals surface area contributed by atoms with Gasteiger partial charge in [-0.25, -0.2) is 4.98 Å². The quantitative estimate of drug-likeness (QED) is 0.859. The SMILES string of the molecule is O=C(c1cnccn1)N1CCN(Cc2cccs2)CC1. The van der Waals surface area contributed by atoms with Gasteiger partial charge in [0.1, 0.15) is 5.69 Å². The molecule has 0 spiro atoms. The van der Waals surface area contributed by atoms with Crippen molar-refractivity contribution in [1.29, 1.82) is 0 Å². The smallest absolute Gasteiger partial charge is 0.274 e. The Kier molecular flexibility index (Phi) is 4.03. The van der Waals surface area contributed by atoms with Gasteiger partial charge in [0.25, 0.3) is 5.91 Å². The van der Waals surface area contributed by atoms with Crippen molar-refractivity contribution >= 4 is 17.2 Å². The minimum Gasteiger partial charge on any atom is -0.335 e. The van der Waals surface area contributed by atoms with E-state index in [-0.39, 0.29) is 5.91 Å². The minimum absolute atomic E-state index is 0.0196. The maximum Gasteiger partial charge on any atom is 0.274 e. The molecule has 0 radical (unpaired) electrons. The third-order valence-corrected chi connectivity index (χ3v) is 4.26. The van der Waals surface area contributed by atoms with Crippen molar-refractivity contribution in [2.45, 2.75) is 6.54 Å². The summed E-state index contributed by atoms with van der Waals surface area (Å²) >= 11 is 1.78. The molecule has 0 saturated carbocycles. The number of nitrogens with zero attached hydrogens (tertiary/aromatic N) is 4. The second-order valence-corrected chi connectivity index (χ2v) is 5.77. The van der Waals surface area contributed by atoms with Gasteiger partial charge in [0.2, 0.25) is 0 Å². The zero-order valence-corrected chi connectivity index (χ0v) is 11.9. The third kappa shape index (κ3) is 3.02. The van der Waals surface area contributed by atoms with Gasteiger partial charge in [0.15, 0.2) is 0 Å². The maximum absolute atomic E-state index is 12.2. The van der Waals surface area contributed by atoms with Gasteiger partial charge in [-0.05, 0) is 11.4 Å². The predicted molar refractivity (Wildman–Crippen MR) is 77.5 cm³/mol. The Labute approximate surface area is 121 Å². The molecule has 3 heterocycles. The maximum atomic E-state index is 12.2. The summed E-state index contributed by atoms with van der Waals surface area (Å²) in [5.74, 6) is -0.0196. The molecule has 1 amide bonds. The van der Waals surface area contributed by atoms with Crippen molar-refractivity contribution in [1.82, 2.24) is 19.8 Å². The summed E-state index contributed by atoms with van der Waals surface area (Å²) < 4.78 is 0. The zero-order valence-electron chi connectivity index (χ0n) is 11.1. The van der Waals surface area contributed by atoms with Crippen LogP contribution in [0.15, 0.2) is 36.1 Å². The molecular weight excluding hydrogens is 272 g/mol. The summed E-state index contributed by atoms with van der Waals surface area (Å²) in [5, 5.41) is 2.10. The first-order valence-corrected chi connectivity index (χ1v) is 7.51. The molecule has 0 N–H and O–H groups in total. The number of amides is 1. The van der Waals surface area contributed by atoms with Crippen LogP contribution in [0.4, 0.5) is 0 Å². The lowest BCUT2D eigenvalue weighted by Crippen LogP contribution is -2.48. The van der Waals surface area contributed by atoms with Crippen LogP contribution in [-0.2, 0) is 6.54 Å². The standard InChI is InChI=1S/C14H16N4OS/c19-14(13-10-15-3-4-16-13)18-7-5-17(6-8-18)11-12-2-1-9-20-12/h1-4,9-10H,5-8,11H2. The van der Waals surface area contributed by atoms with E-state index in [0.29, 0.717) is 5.69 Å². The lowest BCUT2D eigenvalue weighted by Gasteiger charge is -2.34. The van der Waals surface area contributed by atoms with Crippen LogP contribution in [-0.4, -0.2) is 51.9 Å². The van der Waals surface area contributed by atoms with Gasteiger partial charge >= 0.3 is 0 Å². The lowest BCUT2D eigenvalue weighted by atomic mass is 10.2. The van der Waals surface area contributed by atoms with E-state index >= 15 is 0 Å². The topological polar surface area (TPSA) is 49.3 Å². The number of carbonyl (C=O) groups excluding carboxylic acids is 1. The summed E-state index contributed by atoms with van der Waals surface area (Å²) in [5.41, 5.74) is 0.430. The Morgan fingerprint density at radius 3 is 2.75 bits per heavy atom. The highest BCUT2D eigenvalue weighted by molar-refractivity contribution is 7.09. The highest BCUT2D eigenvalue weighted by Crippen LogP contribution is 2.14. The van der Waals surface area contributed by atoms with Crippen LogP contribution in [0.25, 0.3) is 0 Å². The van der Waals surface area contributed by atoms with Gasteiger partial charge in [0.05, 0.1) is 6.20 Å². The second-order valence-electron chi connectivity index (χ2n) is 4.74. The average Bonchev–Trinajstić information content (AvgIpc) is 3.01. The van der Waals surface area contributed by atoms with Gasteiger partial charge in [-0.3, -0.25) is 14.7 Å². The van der Waals surface area contributed by atoms with Gasteiger partial charge in [-0.1, -0.05) is 6.07 Å². The first-order chi connectivity index (χ1) is 9.83. The van der Waals surface area contributed by atoms with Crippen LogP contribution in [0, 0.1) is 0 Å². The Hall–Kier alpha value is -1.79. The van der Waals surface area contributed by atoms with E-state index in [1.807, 2.05) is 4.90 Å². The highest BCUT2D eigenvalue weighted by atomic mass is 32.1. The zero-order chi connectivity index (χ0) is 13.8. The fourth-order valence-electron chi connectivity index (χ4n) is 2.30. The number of hydrogen-bond acceptors (Lipinski definition) is 5. The molecule has 0 aromatic carbocycles. The molecule has 0 atom stereocenters. The fourth-order valence-corrected chi connectivity index (χ4v) is 3.05. The van der Waals surface area contributed by atoms with E-state index in [4.69, 9.17) is 0 Å². The Morgan fingerprint density at radius 1 is 1.25 bits per heavy atom. The van der Waals surface area contributed by atoms with Crippen LogP contribution in [0.3, 0.4) is 0 Å². The number of piperazine rings is 1. The van der Waals surface area contributed by atoms with Crippen molar-refractivity contribution in [2.24, 2.45) is 0 Å². The summed E-state index contributed by atoms with van der Waals surface area (Å²) in [4.78, 5) is 25.9. The molecule has 6 heteroatoms. The van der Waals surface area contributed by atoms with Crippen molar-refractivity contribution in [2.75, 3.05) is 26.2 Å². The van der Waals surface area contributed by atoms with Crippen molar-refractivity contribution in [3.63, 3.8) is 0 Å². The molecule has 20 heavy (non-hydrogen) atoms. The van der Waals surface area contributed by atoms with Gasteiger partial charge in [-0.15, -0.1) is 11.3 Å². The molecule has 1 saturated heterocycles. The van der Waals surface area contributed by atoms with Crippen LogP contribution in [0.1, 0.15) is 15.4 Å². The van der Waals surface area contributed by atoms with E-state index < -0.39 is 0 Å². The van der Waals surface area contributed by atoms with Crippen molar-refractivity contribution in [3.05, 3.63) is 46.7 Å². The van der Waals surface area contributed by atoms with E-state index in [2.05, 4.69) is 32.4 Å². The molecule has 0 bridgehead atoms. The number of rotatable bonds is 3. The lowest BCUT2D eigenvalue weighted by molar-refractivity contribution is 0.0623. The molecule has 1 aliphatic heterocycles. The number of thiophene rings is 1. The first-order valence-electron chi connectivity index (χ1n) is 6.63. The highest BCUT2D eigenvalue weighted by Gasteiger charge is 2.23. The van der Waals surface area contributed by atoms with Gasteiger partial charge < -0.3 is 4.90 Å². The number of carbonyl (C=O) groups is 1. The first kappa shape index (κ1) is 13.2. The largest absolute Gasteiger partial charge is 0.335 e. The van der Waals surface area contributed by atoms with Crippen molar-refractivity contribution < 1.29 is 4.79 Å². The van der Waals surface area contributed by atoms with Crippen LogP contribution >= 0.6 is 11.3 Å². The Balaban J connectivity index is 1.55. The molecule has 104 valence electrons. The normalized spacial score (nSPS) is 16.3. The predicted octanol–water partition coefficient (Wildman–Crippen LogP) is 1.50.